The Hall–Kier alpha value is -0.270. The molecule has 1 aliphatic heterocycles. The van der Waals surface area contributed by atoms with Gasteiger partial charge in [0.15, 0.2) is 0 Å². The molecule has 5 nitrogen and oxygen atoms in total. The fourth-order valence-electron chi connectivity index (χ4n) is 3.02. The zero-order valence-corrected chi connectivity index (χ0v) is 15.6. The summed E-state index contributed by atoms with van der Waals surface area (Å²) in [4.78, 5) is 0. The number of thiol groups is 1. The van der Waals surface area contributed by atoms with Crippen LogP contribution in [0.3, 0.4) is 0 Å². The molecule has 23 heavy (non-hydrogen) atoms. The van der Waals surface area contributed by atoms with Crippen LogP contribution in [0, 0.1) is 0 Å². The summed E-state index contributed by atoms with van der Waals surface area (Å²) in [6.07, 6.45) is 6.94. The van der Waals surface area contributed by atoms with Gasteiger partial charge in [-0.05, 0) is 52.5 Å². The number of hydrogen-bond donors (Lipinski definition) is 1. The highest BCUT2D eigenvalue weighted by Gasteiger charge is 2.57. The lowest BCUT2D eigenvalue weighted by Crippen LogP contribution is -2.63. The van der Waals surface area contributed by atoms with Gasteiger partial charge in [-0.1, -0.05) is 0 Å². The quantitative estimate of drug-likeness (QED) is 0.253. The van der Waals surface area contributed by atoms with Crippen LogP contribution in [-0.2, 0) is 23.7 Å². The number of ether oxygens (including phenoxy) is 5. The van der Waals surface area contributed by atoms with E-state index in [1.807, 2.05) is 26.8 Å². The molecule has 0 amide bonds. The highest BCUT2D eigenvalue weighted by molar-refractivity contribution is 7.80. The predicted molar refractivity (Wildman–Crippen MR) is 93.7 cm³/mol. The third-order valence-corrected chi connectivity index (χ3v) is 4.02. The second-order valence-electron chi connectivity index (χ2n) is 5.33. The lowest BCUT2D eigenvalue weighted by molar-refractivity contribution is -0.459. The maximum absolute atomic E-state index is 6.16. The van der Waals surface area contributed by atoms with E-state index in [-0.39, 0.29) is 0 Å². The minimum Gasteiger partial charge on any atom is -0.502 e. The van der Waals surface area contributed by atoms with Crippen molar-refractivity contribution in [1.29, 1.82) is 0 Å². The molecule has 6 heteroatoms. The van der Waals surface area contributed by atoms with E-state index in [2.05, 4.69) is 12.6 Å². The zero-order valence-electron chi connectivity index (χ0n) is 14.7. The van der Waals surface area contributed by atoms with Crippen LogP contribution >= 0.6 is 12.6 Å². The first-order chi connectivity index (χ1) is 11.2. The van der Waals surface area contributed by atoms with Crippen molar-refractivity contribution in [2.75, 3.05) is 38.8 Å². The maximum atomic E-state index is 6.16. The molecule has 0 aliphatic carbocycles. The third-order valence-electron chi connectivity index (χ3n) is 3.81. The summed E-state index contributed by atoms with van der Waals surface area (Å²) < 4.78 is 29.5. The van der Waals surface area contributed by atoms with Crippen LogP contribution in [0.5, 0.6) is 0 Å². The molecule has 136 valence electrons. The molecule has 0 aromatic rings. The van der Waals surface area contributed by atoms with Gasteiger partial charge in [-0.3, -0.25) is 0 Å². The van der Waals surface area contributed by atoms with Gasteiger partial charge in [-0.25, -0.2) is 0 Å². The van der Waals surface area contributed by atoms with Crippen LogP contribution in [0.25, 0.3) is 0 Å². The predicted octanol–water partition coefficient (Wildman–Crippen LogP) is 3.54. The monoisotopic (exact) mass is 348 g/mol. The lowest BCUT2D eigenvalue weighted by Gasteiger charge is -2.50. The molecule has 1 unspecified atom stereocenters. The first-order valence-corrected chi connectivity index (χ1v) is 9.26. The molecule has 1 heterocycles. The van der Waals surface area contributed by atoms with Gasteiger partial charge in [0.05, 0.1) is 19.5 Å². The fraction of sp³-hybridized carbons (Fsp3) is 0.882. The van der Waals surface area contributed by atoms with Crippen LogP contribution in [0.1, 0.15) is 46.5 Å². The highest BCUT2D eigenvalue weighted by atomic mass is 32.1. The van der Waals surface area contributed by atoms with Crippen molar-refractivity contribution in [2.24, 2.45) is 0 Å². The van der Waals surface area contributed by atoms with Crippen molar-refractivity contribution in [3.63, 3.8) is 0 Å². The van der Waals surface area contributed by atoms with Gasteiger partial charge in [0.1, 0.15) is 5.60 Å². The molecule has 0 N–H and O–H groups in total. The van der Waals surface area contributed by atoms with Crippen molar-refractivity contribution in [2.45, 2.75) is 58.0 Å². The topological polar surface area (TPSA) is 46.2 Å². The molecule has 1 aliphatic rings. The Labute approximate surface area is 146 Å². The van der Waals surface area contributed by atoms with E-state index in [9.17, 15) is 0 Å². The number of rotatable bonds is 12. The molecule has 1 rings (SSSR count). The Morgan fingerprint density at radius 2 is 1.78 bits per heavy atom. The van der Waals surface area contributed by atoms with Gasteiger partial charge in [-0.15, -0.1) is 0 Å². The second-order valence-corrected chi connectivity index (χ2v) is 5.70. The molecule has 1 fully saturated rings. The summed E-state index contributed by atoms with van der Waals surface area (Å²) in [5.74, 6) is -0.444. The molecule has 1 saturated heterocycles. The summed E-state index contributed by atoms with van der Waals surface area (Å²) in [5, 5.41) is 0. The van der Waals surface area contributed by atoms with E-state index in [0.29, 0.717) is 38.8 Å². The smallest absolute Gasteiger partial charge is 0.313 e. The molecule has 0 aromatic heterocycles. The van der Waals surface area contributed by atoms with E-state index in [1.165, 1.54) is 0 Å². The summed E-state index contributed by atoms with van der Waals surface area (Å²) in [5.41, 5.74) is -0.595. The largest absolute Gasteiger partial charge is 0.502 e. The van der Waals surface area contributed by atoms with Crippen LogP contribution in [0.2, 0.25) is 0 Å². The van der Waals surface area contributed by atoms with Gasteiger partial charge in [0.2, 0.25) is 0 Å². The van der Waals surface area contributed by atoms with E-state index in [1.54, 1.807) is 6.26 Å². The maximum Gasteiger partial charge on any atom is 0.313 e. The minimum absolute atomic E-state index is 0.510. The molecule has 0 aromatic carbocycles. The Bertz CT molecular complexity index is 321. The number of hydrogen-bond acceptors (Lipinski definition) is 6. The van der Waals surface area contributed by atoms with Crippen molar-refractivity contribution in [3.05, 3.63) is 12.3 Å². The molecule has 0 spiro atoms. The lowest BCUT2D eigenvalue weighted by atomic mass is 9.87. The van der Waals surface area contributed by atoms with E-state index >= 15 is 0 Å². The van der Waals surface area contributed by atoms with Crippen LogP contribution in [0.4, 0.5) is 0 Å². The normalized spacial score (nSPS) is 24.2. The van der Waals surface area contributed by atoms with Gasteiger partial charge in [0.25, 0.3) is 0 Å². The first kappa shape index (κ1) is 20.8. The van der Waals surface area contributed by atoms with Gasteiger partial charge in [-0.2, -0.15) is 12.6 Å². The van der Waals surface area contributed by atoms with Gasteiger partial charge in [0, 0.05) is 25.6 Å². The third kappa shape index (κ3) is 5.64. The van der Waals surface area contributed by atoms with E-state index in [0.717, 1.165) is 25.7 Å². The Kier molecular flexibility index (Phi) is 10.2. The van der Waals surface area contributed by atoms with Crippen LogP contribution in [0.15, 0.2) is 12.3 Å². The fourth-order valence-corrected chi connectivity index (χ4v) is 3.11. The molecule has 0 bridgehead atoms. The van der Waals surface area contributed by atoms with Gasteiger partial charge >= 0.3 is 5.97 Å². The van der Waals surface area contributed by atoms with Crippen molar-refractivity contribution in [1.82, 2.24) is 0 Å². The van der Waals surface area contributed by atoms with Crippen LogP contribution in [-0.4, -0.2) is 50.4 Å². The molecular formula is C17H32O5S. The second kappa shape index (κ2) is 11.3. The highest BCUT2D eigenvalue weighted by Crippen LogP contribution is 2.43. The van der Waals surface area contributed by atoms with Crippen molar-refractivity contribution >= 4 is 12.6 Å². The van der Waals surface area contributed by atoms with Crippen molar-refractivity contribution in [3.8, 4) is 0 Å². The molecular weight excluding hydrogens is 316 g/mol. The minimum atomic E-state index is -1.12. The average Bonchev–Trinajstić information content (AvgIpc) is 2.54. The average molecular weight is 349 g/mol. The van der Waals surface area contributed by atoms with E-state index in [4.69, 9.17) is 23.7 Å². The summed E-state index contributed by atoms with van der Waals surface area (Å²) in [7, 11) is 0. The SMILES string of the molecule is CCOC1(CCCOC=CCS)CCCOC1(OCC)OCC. The van der Waals surface area contributed by atoms with Gasteiger partial charge < -0.3 is 23.7 Å². The van der Waals surface area contributed by atoms with Crippen LogP contribution < -0.4 is 0 Å². The zero-order chi connectivity index (χ0) is 17.0. The molecule has 0 radical (unpaired) electrons. The Balaban J connectivity index is 2.80. The summed E-state index contributed by atoms with van der Waals surface area (Å²) in [6, 6.07) is 0. The Morgan fingerprint density at radius 3 is 2.39 bits per heavy atom. The standard InChI is InChI=1S/C17H32O5S/c1-4-19-16(10-7-12-18-13-9-15-23)11-8-14-22-17(16,20-5-2)21-6-3/h9,13,23H,4-8,10-12,14-15H2,1-3H3. The summed E-state index contributed by atoms with van der Waals surface area (Å²) in [6.45, 7) is 8.73. The van der Waals surface area contributed by atoms with E-state index < -0.39 is 11.6 Å². The molecule has 1 atom stereocenters. The Morgan fingerprint density at radius 1 is 1.09 bits per heavy atom. The first-order valence-electron chi connectivity index (χ1n) is 8.63. The summed E-state index contributed by atoms with van der Waals surface area (Å²) >= 11 is 4.10. The van der Waals surface area contributed by atoms with Crippen molar-refractivity contribution < 1.29 is 23.7 Å². The molecule has 0 saturated carbocycles.